The van der Waals surface area contributed by atoms with Crippen molar-refractivity contribution in [2.75, 3.05) is 0 Å². The van der Waals surface area contributed by atoms with Crippen molar-refractivity contribution in [2.45, 2.75) is 0 Å². The van der Waals surface area contributed by atoms with Gasteiger partial charge >= 0.3 is 11.8 Å². The number of nitro groups is 2. The summed E-state index contributed by atoms with van der Waals surface area (Å²) in [7, 11) is 1.67. The number of nitrogens with zero attached hydrogens (tertiary/aromatic N) is 4. The maximum absolute atomic E-state index is 10.7. The van der Waals surface area contributed by atoms with Crippen LogP contribution in [0, 0.1) is 20.2 Å². The van der Waals surface area contributed by atoms with Gasteiger partial charge in [0.15, 0.2) is 5.76 Å². The second kappa shape index (κ2) is 5.83. The minimum Gasteiger partial charge on any atom is -0.401 e. The average molecular weight is 330 g/mol. The molecule has 0 amide bonds. The van der Waals surface area contributed by atoms with E-state index < -0.39 is 9.85 Å². The van der Waals surface area contributed by atoms with E-state index in [1.807, 2.05) is 0 Å². The lowest BCUT2D eigenvalue weighted by Crippen LogP contribution is -1.92. The Morgan fingerprint density at radius 1 is 1.04 bits per heavy atom. The first-order valence-corrected chi connectivity index (χ1v) is 6.65. The molecule has 0 saturated heterocycles. The smallest absolute Gasteiger partial charge is 0.401 e. The highest BCUT2D eigenvalue weighted by molar-refractivity contribution is 5.68. The Balaban J connectivity index is 1.83. The van der Waals surface area contributed by atoms with Crippen LogP contribution in [-0.4, -0.2) is 19.6 Å². The van der Waals surface area contributed by atoms with Crippen LogP contribution in [0.25, 0.3) is 23.6 Å². The highest BCUT2D eigenvalue weighted by Crippen LogP contribution is 2.27. The predicted octanol–water partition coefficient (Wildman–Crippen LogP) is 3.26. The van der Waals surface area contributed by atoms with E-state index in [9.17, 15) is 20.2 Å². The van der Waals surface area contributed by atoms with Crippen LogP contribution in [-0.2, 0) is 7.05 Å². The summed E-state index contributed by atoms with van der Waals surface area (Å²) in [5.41, 5.74) is 1.08. The molecule has 0 fully saturated rings. The summed E-state index contributed by atoms with van der Waals surface area (Å²) in [5.74, 6) is -0.0852. The third kappa shape index (κ3) is 2.92. The van der Waals surface area contributed by atoms with Gasteiger partial charge in [0, 0.05) is 7.05 Å². The van der Waals surface area contributed by atoms with Gasteiger partial charge in [-0.1, -0.05) is 0 Å². The molecule has 0 aliphatic rings. The van der Waals surface area contributed by atoms with Crippen LogP contribution in [0.3, 0.4) is 0 Å². The van der Waals surface area contributed by atoms with Crippen LogP contribution in [0.4, 0.5) is 11.8 Å². The summed E-state index contributed by atoms with van der Waals surface area (Å²) in [4.78, 5) is 20.0. The van der Waals surface area contributed by atoms with Gasteiger partial charge in [0.25, 0.3) is 0 Å². The largest absolute Gasteiger partial charge is 0.433 e. The maximum atomic E-state index is 10.7. The molecule has 3 rings (SSSR count). The van der Waals surface area contributed by atoms with E-state index in [0.29, 0.717) is 22.9 Å². The Bertz CT molecular complexity index is 948. The van der Waals surface area contributed by atoms with Gasteiger partial charge in [0.1, 0.15) is 21.3 Å². The second-order valence-electron chi connectivity index (χ2n) is 4.74. The number of rotatable bonds is 5. The van der Waals surface area contributed by atoms with Crippen molar-refractivity contribution in [1.29, 1.82) is 0 Å². The fraction of sp³-hybridized carbons (Fsp3) is 0.0714. The topological polar surface area (TPSA) is 130 Å². The molecule has 0 radical (unpaired) electrons. The predicted molar refractivity (Wildman–Crippen MR) is 81.9 cm³/mol. The third-order valence-electron chi connectivity index (χ3n) is 3.13. The van der Waals surface area contributed by atoms with Gasteiger partial charge in [0.05, 0.1) is 17.8 Å². The second-order valence-corrected chi connectivity index (χ2v) is 4.74. The molecule has 10 heteroatoms. The molecule has 122 valence electrons. The Morgan fingerprint density at radius 2 is 1.71 bits per heavy atom. The molecule has 0 bridgehead atoms. The van der Waals surface area contributed by atoms with Crippen molar-refractivity contribution in [3.8, 4) is 11.5 Å². The summed E-state index contributed by atoms with van der Waals surface area (Å²) >= 11 is 0. The highest BCUT2D eigenvalue weighted by Gasteiger charge is 2.16. The molecule has 0 unspecified atom stereocenters. The SMILES string of the molecule is Cn1nc(/C=C/c2ccc([N+](=O)[O-])o2)cc1-c1ccc([N+](=O)[O-])o1. The summed E-state index contributed by atoms with van der Waals surface area (Å²) in [6.45, 7) is 0. The number of hydrogen-bond acceptors (Lipinski definition) is 7. The van der Waals surface area contributed by atoms with Crippen molar-refractivity contribution in [1.82, 2.24) is 9.78 Å². The minimum atomic E-state index is -0.625. The lowest BCUT2D eigenvalue weighted by molar-refractivity contribution is -0.402. The minimum absolute atomic E-state index is 0.308. The number of furan rings is 2. The molecular weight excluding hydrogens is 320 g/mol. The normalized spacial score (nSPS) is 11.2. The average Bonchev–Trinajstić information content (AvgIpc) is 3.24. The molecule has 0 N–H and O–H groups in total. The van der Waals surface area contributed by atoms with E-state index in [1.54, 1.807) is 19.2 Å². The first-order chi connectivity index (χ1) is 11.4. The first-order valence-electron chi connectivity index (χ1n) is 6.65. The summed E-state index contributed by atoms with van der Waals surface area (Å²) in [6, 6.07) is 7.13. The van der Waals surface area contributed by atoms with Gasteiger partial charge in [-0.05, 0) is 30.4 Å². The van der Waals surface area contributed by atoms with Crippen molar-refractivity contribution in [2.24, 2.45) is 7.05 Å². The van der Waals surface area contributed by atoms with Gasteiger partial charge < -0.3 is 8.83 Å². The molecule has 3 aromatic heterocycles. The number of hydrogen-bond donors (Lipinski definition) is 0. The van der Waals surface area contributed by atoms with Crippen LogP contribution in [0.15, 0.2) is 39.2 Å². The Hall–Kier alpha value is -3.69. The summed E-state index contributed by atoms with van der Waals surface area (Å²) in [6.07, 6.45) is 3.13. The maximum Gasteiger partial charge on any atom is 0.433 e. The van der Waals surface area contributed by atoms with Crippen molar-refractivity contribution < 1.29 is 18.7 Å². The molecule has 24 heavy (non-hydrogen) atoms. The molecule has 0 atom stereocenters. The molecule has 3 heterocycles. The van der Waals surface area contributed by atoms with E-state index in [2.05, 4.69) is 5.10 Å². The zero-order valence-electron chi connectivity index (χ0n) is 12.3. The van der Waals surface area contributed by atoms with Gasteiger partial charge in [0.2, 0.25) is 0 Å². The quantitative estimate of drug-likeness (QED) is 0.518. The molecule has 3 aromatic rings. The lowest BCUT2D eigenvalue weighted by atomic mass is 10.2. The molecule has 0 spiro atoms. The van der Waals surface area contributed by atoms with E-state index in [0.717, 1.165) is 0 Å². The summed E-state index contributed by atoms with van der Waals surface area (Å²) < 4.78 is 11.7. The van der Waals surface area contributed by atoms with E-state index in [1.165, 1.54) is 35.0 Å². The fourth-order valence-corrected chi connectivity index (χ4v) is 2.06. The van der Waals surface area contributed by atoms with Crippen molar-refractivity contribution >= 4 is 23.9 Å². The monoisotopic (exact) mass is 330 g/mol. The Kier molecular flexibility index (Phi) is 3.70. The van der Waals surface area contributed by atoms with Gasteiger partial charge in [-0.3, -0.25) is 24.9 Å². The van der Waals surface area contributed by atoms with Crippen LogP contribution < -0.4 is 0 Å². The molecule has 0 saturated carbocycles. The molecule has 0 aromatic carbocycles. The standard InChI is InChI=1S/C14H10N4O6/c1-16-11(12-5-7-14(24-12)18(21)22)8-9(15-16)2-3-10-4-6-13(23-10)17(19)20/h2-8H,1H3/b3-2+. The van der Waals surface area contributed by atoms with Gasteiger partial charge in [-0.15, -0.1) is 0 Å². The number of aryl methyl sites for hydroxylation is 1. The molecule has 0 aliphatic heterocycles. The zero-order chi connectivity index (χ0) is 17.3. The Labute approximate surface area is 133 Å². The van der Waals surface area contributed by atoms with E-state index in [-0.39, 0.29) is 11.8 Å². The lowest BCUT2D eigenvalue weighted by Gasteiger charge is -1.94. The summed E-state index contributed by atoms with van der Waals surface area (Å²) in [5, 5.41) is 25.4. The molecular formula is C14H10N4O6. The zero-order valence-corrected chi connectivity index (χ0v) is 12.3. The van der Waals surface area contributed by atoms with Crippen molar-refractivity contribution in [3.63, 3.8) is 0 Å². The molecule has 10 nitrogen and oxygen atoms in total. The van der Waals surface area contributed by atoms with Gasteiger partial charge in [-0.25, -0.2) is 0 Å². The van der Waals surface area contributed by atoms with Crippen LogP contribution >= 0.6 is 0 Å². The Morgan fingerprint density at radius 3 is 2.33 bits per heavy atom. The van der Waals surface area contributed by atoms with Crippen LogP contribution in [0.2, 0.25) is 0 Å². The first kappa shape index (κ1) is 15.2. The van der Waals surface area contributed by atoms with Gasteiger partial charge in [-0.2, -0.15) is 5.10 Å². The molecule has 0 aliphatic carbocycles. The third-order valence-corrected chi connectivity index (χ3v) is 3.13. The number of aromatic nitrogens is 2. The van der Waals surface area contributed by atoms with E-state index >= 15 is 0 Å². The van der Waals surface area contributed by atoms with Crippen molar-refractivity contribution in [3.05, 3.63) is 62.0 Å². The van der Waals surface area contributed by atoms with Crippen LogP contribution in [0.5, 0.6) is 0 Å². The fourth-order valence-electron chi connectivity index (χ4n) is 2.06. The highest BCUT2D eigenvalue weighted by atomic mass is 16.7. The van der Waals surface area contributed by atoms with Crippen LogP contribution in [0.1, 0.15) is 11.5 Å². The van der Waals surface area contributed by atoms with E-state index in [4.69, 9.17) is 8.83 Å².